The number of aromatic nitrogens is 3. The van der Waals surface area contributed by atoms with Crippen LogP contribution < -0.4 is 0 Å². The standard InChI is InChI=1S/C5H4F3N3O/c1-11-4(5(6,7)8)3(2-12)9-10-11/h2H,1H3. The molecule has 0 amide bonds. The SMILES string of the molecule is Cn1nnc(C=O)c1C(F)(F)F. The summed E-state index contributed by atoms with van der Waals surface area (Å²) in [7, 11) is 1.07. The van der Waals surface area contributed by atoms with Gasteiger partial charge in [0, 0.05) is 7.05 Å². The fraction of sp³-hybridized carbons (Fsp3) is 0.400. The summed E-state index contributed by atoms with van der Waals surface area (Å²) < 4.78 is 36.7. The van der Waals surface area contributed by atoms with Gasteiger partial charge in [0.2, 0.25) is 0 Å². The summed E-state index contributed by atoms with van der Waals surface area (Å²) in [4.78, 5) is 10.1. The van der Waals surface area contributed by atoms with Crippen molar-refractivity contribution >= 4 is 6.29 Å². The second-order valence-electron chi connectivity index (χ2n) is 2.06. The van der Waals surface area contributed by atoms with Gasteiger partial charge in [-0.15, -0.1) is 5.10 Å². The highest BCUT2D eigenvalue weighted by molar-refractivity contribution is 5.73. The minimum Gasteiger partial charge on any atom is -0.296 e. The van der Waals surface area contributed by atoms with Gasteiger partial charge in [-0.3, -0.25) is 4.79 Å². The Hall–Kier alpha value is -1.40. The van der Waals surface area contributed by atoms with Gasteiger partial charge in [0.25, 0.3) is 0 Å². The Morgan fingerprint density at radius 1 is 1.50 bits per heavy atom. The Balaban J connectivity index is 3.28. The molecule has 0 atom stereocenters. The molecule has 1 heterocycles. The lowest BCUT2D eigenvalue weighted by Crippen LogP contribution is -2.13. The van der Waals surface area contributed by atoms with E-state index in [1.54, 1.807) is 0 Å². The van der Waals surface area contributed by atoms with Crippen molar-refractivity contribution in [3.8, 4) is 0 Å². The van der Waals surface area contributed by atoms with E-state index in [0.717, 1.165) is 7.05 Å². The maximum Gasteiger partial charge on any atom is 0.435 e. The number of carbonyl (C=O) groups is 1. The molecule has 1 rings (SSSR count). The number of carbonyl (C=O) groups excluding carboxylic acids is 1. The number of hydrogen-bond donors (Lipinski definition) is 0. The smallest absolute Gasteiger partial charge is 0.296 e. The first kappa shape index (κ1) is 8.69. The van der Waals surface area contributed by atoms with E-state index < -0.39 is 17.6 Å². The molecule has 0 aliphatic carbocycles. The fourth-order valence-electron chi connectivity index (χ4n) is 0.781. The molecule has 0 radical (unpaired) electrons. The van der Waals surface area contributed by atoms with Crippen LogP contribution >= 0.6 is 0 Å². The van der Waals surface area contributed by atoms with Gasteiger partial charge in [-0.25, -0.2) is 4.68 Å². The molecule has 4 nitrogen and oxygen atoms in total. The van der Waals surface area contributed by atoms with Gasteiger partial charge in [0.05, 0.1) is 0 Å². The lowest BCUT2D eigenvalue weighted by atomic mass is 10.3. The van der Waals surface area contributed by atoms with Gasteiger partial charge in [0.1, 0.15) is 0 Å². The molecule has 0 N–H and O–H groups in total. The molecule has 0 saturated heterocycles. The fourth-order valence-corrected chi connectivity index (χ4v) is 0.781. The minimum absolute atomic E-state index is 0.0236. The molecular weight excluding hydrogens is 175 g/mol. The maximum absolute atomic E-state index is 12.1. The summed E-state index contributed by atoms with van der Waals surface area (Å²) in [6.45, 7) is 0. The number of hydrogen-bond acceptors (Lipinski definition) is 3. The third-order valence-corrected chi connectivity index (χ3v) is 1.23. The van der Waals surface area contributed by atoms with E-state index >= 15 is 0 Å². The van der Waals surface area contributed by atoms with E-state index in [0.29, 0.717) is 4.68 Å². The molecule has 1 aromatic heterocycles. The first-order valence-electron chi connectivity index (χ1n) is 2.89. The molecular formula is C5H4F3N3O. The molecule has 0 bridgehead atoms. The highest BCUT2D eigenvalue weighted by Crippen LogP contribution is 2.29. The highest BCUT2D eigenvalue weighted by Gasteiger charge is 2.38. The van der Waals surface area contributed by atoms with Gasteiger partial charge in [0.15, 0.2) is 17.7 Å². The summed E-state index contributed by atoms with van der Waals surface area (Å²) in [5, 5.41) is 6.09. The average Bonchev–Trinajstić information content (AvgIpc) is 2.29. The predicted octanol–water partition coefficient (Wildman–Crippen LogP) is 0.646. The van der Waals surface area contributed by atoms with Crippen LogP contribution in [-0.2, 0) is 13.2 Å². The number of aldehydes is 1. The van der Waals surface area contributed by atoms with Crippen LogP contribution in [0.2, 0.25) is 0 Å². The van der Waals surface area contributed by atoms with Crippen molar-refractivity contribution in [3.63, 3.8) is 0 Å². The van der Waals surface area contributed by atoms with E-state index in [1.165, 1.54) is 0 Å². The van der Waals surface area contributed by atoms with Crippen LogP contribution in [0.3, 0.4) is 0 Å². The van der Waals surface area contributed by atoms with Gasteiger partial charge in [-0.1, -0.05) is 5.21 Å². The zero-order valence-corrected chi connectivity index (χ0v) is 5.96. The van der Waals surface area contributed by atoms with Gasteiger partial charge >= 0.3 is 6.18 Å². The van der Waals surface area contributed by atoms with Crippen molar-refractivity contribution in [1.29, 1.82) is 0 Å². The zero-order chi connectivity index (χ0) is 9.35. The lowest BCUT2D eigenvalue weighted by molar-refractivity contribution is -0.143. The predicted molar refractivity (Wildman–Crippen MR) is 31.4 cm³/mol. The van der Waals surface area contributed by atoms with Crippen molar-refractivity contribution < 1.29 is 18.0 Å². The molecule has 0 fully saturated rings. The number of rotatable bonds is 1. The molecule has 0 saturated carbocycles. The lowest BCUT2D eigenvalue weighted by Gasteiger charge is -2.04. The molecule has 12 heavy (non-hydrogen) atoms. The molecule has 0 aliphatic rings. The number of nitrogens with zero attached hydrogens (tertiary/aromatic N) is 3. The van der Waals surface area contributed by atoms with Crippen LogP contribution in [0.25, 0.3) is 0 Å². The summed E-state index contributed by atoms with van der Waals surface area (Å²) in [5.74, 6) is 0. The minimum atomic E-state index is -4.59. The van der Waals surface area contributed by atoms with Crippen LogP contribution in [0.1, 0.15) is 16.2 Å². The van der Waals surface area contributed by atoms with Crippen LogP contribution in [0, 0.1) is 0 Å². The summed E-state index contributed by atoms with van der Waals surface area (Å²) in [5.41, 5.74) is -1.82. The molecule has 7 heteroatoms. The molecule has 0 spiro atoms. The number of alkyl halides is 3. The molecule has 0 unspecified atom stereocenters. The van der Waals surface area contributed by atoms with Crippen LogP contribution in [-0.4, -0.2) is 21.3 Å². The second-order valence-corrected chi connectivity index (χ2v) is 2.06. The normalized spacial score (nSPS) is 11.7. The topological polar surface area (TPSA) is 47.8 Å². The van der Waals surface area contributed by atoms with Crippen molar-refractivity contribution in [2.45, 2.75) is 6.18 Å². The van der Waals surface area contributed by atoms with Crippen LogP contribution in [0.15, 0.2) is 0 Å². The zero-order valence-electron chi connectivity index (χ0n) is 5.96. The highest BCUT2D eigenvalue weighted by atomic mass is 19.4. The van der Waals surface area contributed by atoms with E-state index in [2.05, 4.69) is 10.3 Å². The third-order valence-electron chi connectivity index (χ3n) is 1.23. The molecule has 0 aliphatic heterocycles. The largest absolute Gasteiger partial charge is 0.435 e. The Morgan fingerprint density at radius 3 is 2.42 bits per heavy atom. The first-order chi connectivity index (χ1) is 5.46. The molecule has 1 aromatic rings. The van der Waals surface area contributed by atoms with Crippen molar-refractivity contribution in [2.75, 3.05) is 0 Å². The van der Waals surface area contributed by atoms with Gasteiger partial charge in [-0.2, -0.15) is 13.2 Å². The Morgan fingerprint density at radius 2 is 2.08 bits per heavy atom. The number of aryl methyl sites for hydroxylation is 1. The van der Waals surface area contributed by atoms with E-state index in [4.69, 9.17) is 0 Å². The second kappa shape index (κ2) is 2.58. The van der Waals surface area contributed by atoms with Gasteiger partial charge < -0.3 is 0 Å². The first-order valence-corrected chi connectivity index (χ1v) is 2.89. The quantitative estimate of drug-likeness (QED) is 0.594. The van der Waals surface area contributed by atoms with Crippen molar-refractivity contribution in [3.05, 3.63) is 11.4 Å². The number of halogens is 3. The Kier molecular flexibility index (Phi) is 1.87. The van der Waals surface area contributed by atoms with Crippen LogP contribution in [0.5, 0.6) is 0 Å². The van der Waals surface area contributed by atoms with E-state index in [1.807, 2.05) is 0 Å². The Labute approximate surface area is 65.0 Å². The average molecular weight is 179 g/mol. The monoisotopic (exact) mass is 179 g/mol. The van der Waals surface area contributed by atoms with Crippen LogP contribution in [0.4, 0.5) is 13.2 Å². The van der Waals surface area contributed by atoms with Crippen molar-refractivity contribution in [1.82, 2.24) is 15.0 Å². The summed E-state index contributed by atoms with van der Waals surface area (Å²) in [6.07, 6.45) is -4.57. The summed E-state index contributed by atoms with van der Waals surface area (Å²) >= 11 is 0. The molecule has 66 valence electrons. The van der Waals surface area contributed by atoms with Crippen molar-refractivity contribution in [2.24, 2.45) is 7.05 Å². The Bertz CT molecular complexity index is 303. The van der Waals surface area contributed by atoms with E-state index in [-0.39, 0.29) is 6.29 Å². The summed E-state index contributed by atoms with van der Waals surface area (Å²) in [6, 6.07) is 0. The third kappa shape index (κ3) is 1.29. The van der Waals surface area contributed by atoms with E-state index in [9.17, 15) is 18.0 Å². The maximum atomic E-state index is 12.1. The van der Waals surface area contributed by atoms with Gasteiger partial charge in [-0.05, 0) is 0 Å². The molecule has 0 aromatic carbocycles.